The van der Waals surface area contributed by atoms with Crippen LogP contribution in [0.4, 0.5) is 0 Å². The number of hydrogen-bond donors (Lipinski definition) is 3. The number of benzene rings is 2. The van der Waals surface area contributed by atoms with Crippen molar-refractivity contribution in [1.82, 2.24) is 5.43 Å². The summed E-state index contributed by atoms with van der Waals surface area (Å²) in [4.78, 5) is 12.2. The number of amides is 1. The van der Waals surface area contributed by atoms with Gasteiger partial charge in [0.15, 0.2) is 11.5 Å². The van der Waals surface area contributed by atoms with E-state index in [2.05, 4.69) is 10.5 Å². The molecule has 0 saturated heterocycles. The molecule has 2 aromatic carbocycles. The molecule has 0 aromatic heterocycles. The van der Waals surface area contributed by atoms with Crippen molar-refractivity contribution in [2.24, 2.45) is 10.8 Å². The topological polar surface area (TPSA) is 96.9 Å². The maximum atomic E-state index is 12.2. The highest BCUT2D eigenvalue weighted by molar-refractivity contribution is 5.86. The molecule has 6 heteroatoms. The van der Waals surface area contributed by atoms with Crippen LogP contribution in [-0.2, 0) is 4.79 Å². The lowest BCUT2D eigenvalue weighted by Crippen LogP contribution is -2.38. The van der Waals surface area contributed by atoms with Crippen LogP contribution in [0.1, 0.15) is 24.5 Å². The largest absolute Gasteiger partial charge is 0.504 e. The smallest absolute Gasteiger partial charge is 0.257 e. The first-order valence-corrected chi connectivity index (χ1v) is 8.21. The predicted molar refractivity (Wildman–Crippen MR) is 103 cm³/mol. The molecule has 26 heavy (non-hydrogen) atoms. The Balaban J connectivity index is 1.94. The van der Waals surface area contributed by atoms with Crippen LogP contribution in [0.3, 0.4) is 0 Å². The van der Waals surface area contributed by atoms with Crippen LogP contribution < -0.4 is 15.9 Å². The predicted octanol–water partition coefficient (Wildman–Crippen LogP) is 2.67. The number of carbonyl (C=O) groups excluding carboxylic acids is 1. The number of phenolic OH excluding ortho intramolecular Hbond substituents is 1. The van der Waals surface area contributed by atoms with Gasteiger partial charge in [-0.25, -0.2) is 5.43 Å². The maximum absolute atomic E-state index is 12.2. The van der Waals surface area contributed by atoms with E-state index >= 15 is 0 Å². The van der Waals surface area contributed by atoms with Gasteiger partial charge in [-0.05, 0) is 48.2 Å². The van der Waals surface area contributed by atoms with Crippen LogP contribution >= 0.6 is 0 Å². The first kappa shape index (κ1) is 19.2. The second kappa shape index (κ2) is 9.39. The molecule has 0 aliphatic carbocycles. The van der Waals surface area contributed by atoms with Crippen molar-refractivity contribution in [3.63, 3.8) is 0 Å². The Hall–Kier alpha value is -3.12. The molecule has 0 bridgehead atoms. The molecule has 0 fully saturated rings. The summed E-state index contributed by atoms with van der Waals surface area (Å²) in [5, 5.41) is 13.5. The number of ether oxygens (including phenoxy) is 1. The standard InChI is InChI=1S/C20H23N3O3/c1-3-15(16-7-5-4-6-8-16)12-17(21)20(25)23-22-13-14-9-10-18(24)19(11-14)26-2/h3-11,13,17,24H,12,21H2,1-2H3,(H,23,25)/b15-3-,22-13+. The SMILES string of the molecule is C/C=C(/CC(N)C(=O)N/N=C/c1ccc(O)c(OC)c1)c1ccccc1. The van der Waals surface area contributed by atoms with Gasteiger partial charge in [0.2, 0.25) is 0 Å². The fraction of sp³-hybridized carbons (Fsp3) is 0.200. The first-order chi connectivity index (χ1) is 12.5. The zero-order valence-electron chi connectivity index (χ0n) is 14.8. The van der Waals surface area contributed by atoms with E-state index in [0.29, 0.717) is 17.7 Å². The van der Waals surface area contributed by atoms with Crippen molar-refractivity contribution in [3.8, 4) is 11.5 Å². The lowest BCUT2D eigenvalue weighted by molar-refractivity contribution is -0.122. The number of hydrazone groups is 1. The van der Waals surface area contributed by atoms with Gasteiger partial charge >= 0.3 is 0 Å². The summed E-state index contributed by atoms with van der Waals surface area (Å²) in [6.07, 6.45) is 3.82. The lowest BCUT2D eigenvalue weighted by Gasteiger charge is -2.13. The number of aromatic hydroxyl groups is 1. The molecule has 0 radical (unpaired) electrons. The number of nitrogens with one attached hydrogen (secondary N) is 1. The number of methoxy groups -OCH3 is 1. The second-order valence-electron chi connectivity index (χ2n) is 5.66. The Bertz CT molecular complexity index is 801. The fourth-order valence-electron chi connectivity index (χ4n) is 2.41. The third-order valence-corrected chi connectivity index (χ3v) is 3.86. The molecule has 4 N–H and O–H groups in total. The van der Waals surface area contributed by atoms with E-state index in [4.69, 9.17) is 10.5 Å². The molecule has 2 rings (SSSR count). The molecule has 0 saturated carbocycles. The number of phenols is 1. The van der Waals surface area contributed by atoms with Gasteiger partial charge in [0.25, 0.3) is 5.91 Å². The summed E-state index contributed by atoms with van der Waals surface area (Å²) >= 11 is 0. The van der Waals surface area contributed by atoms with Crippen LogP contribution in [0.15, 0.2) is 59.7 Å². The minimum Gasteiger partial charge on any atom is -0.504 e. The first-order valence-electron chi connectivity index (χ1n) is 8.21. The molecule has 6 nitrogen and oxygen atoms in total. The van der Waals surface area contributed by atoms with Crippen LogP contribution in [-0.4, -0.2) is 30.4 Å². The lowest BCUT2D eigenvalue weighted by atomic mass is 9.98. The van der Waals surface area contributed by atoms with Crippen LogP contribution in [0.5, 0.6) is 11.5 Å². The quantitative estimate of drug-likeness (QED) is 0.527. The number of nitrogens with zero attached hydrogens (tertiary/aromatic N) is 1. The summed E-state index contributed by atoms with van der Waals surface area (Å²) < 4.78 is 5.02. The Labute approximate surface area is 153 Å². The van der Waals surface area contributed by atoms with Gasteiger partial charge in [-0.2, -0.15) is 5.10 Å². The van der Waals surface area contributed by atoms with Gasteiger partial charge < -0.3 is 15.6 Å². The normalized spacial score (nSPS) is 12.8. The molecule has 2 aromatic rings. The second-order valence-corrected chi connectivity index (χ2v) is 5.66. The van der Waals surface area contributed by atoms with Crippen molar-refractivity contribution in [2.75, 3.05) is 7.11 Å². The van der Waals surface area contributed by atoms with E-state index in [1.807, 2.05) is 43.3 Å². The maximum Gasteiger partial charge on any atom is 0.257 e. The van der Waals surface area contributed by atoms with Crippen molar-refractivity contribution in [2.45, 2.75) is 19.4 Å². The summed E-state index contributed by atoms with van der Waals surface area (Å²) in [6, 6.07) is 13.8. The average Bonchev–Trinajstić information content (AvgIpc) is 2.67. The number of carbonyl (C=O) groups is 1. The van der Waals surface area contributed by atoms with Gasteiger partial charge in [-0.15, -0.1) is 0 Å². The van der Waals surface area contributed by atoms with Gasteiger partial charge in [0.05, 0.1) is 19.4 Å². The molecular weight excluding hydrogens is 330 g/mol. The Morgan fingerprint density at radius 1 is 1.31 bits per heavy atom. The van der Waals surface area contributed by atoms with E-state index in [1.54, 1.807) is 12.1 Å². The number of rotatable bonds is 7. The molecule has 0 aliphatic heterocycles. The Morgan fingerprint density at radius 2 is 2.04 bits per heavy atom. The van der Waals surface area contributed by atoms with Crippen molar-refractivity contribution < 1.29 is 14.6 Å². The van der Waals surface area contributed by atoms with E-state index in [1.165, 1.54) is 19.4 Å². The molecule has 136 valence electrons. The summed E-state index contributed by atoms with van der Waals surface area (Å²) in [7, 11) is 1.46. The van der Waals surface area contributed by atoms with Crippen LogP contribution in [0, 0.1) is 0 Å². The fourth-order valence-corrected chi connectivity index (χ4v) is 2.41. The minimum absolute atomic E-state index is 0.0375. The zero-order chi connectivity index (χ0) is 18.9. The summed E-state index contributed by atoms with van der Waals surface area (Å²) in [5.41, 5.74) is 11.1. The molecular formula is C20H23N3O3. The van der Waals surface area contributed by atoms with Crippen LogP contribution in [0.2, 0.25) is 0 Å². The summed E-state index contributed by atoms with van der Waals surface area (Å²) in [5.74, 6) is -0.00431. The Kier molecular flexibility index (Phi) is 6.93. The highest BCUT2D eigenvalue weighted by atomic mass is 16.5. The van der Waals surface area contributed by atoms with Crippen molar-refractivity contribution in [1.29, 1.82) is 0 Å². The molecule has 1 atom stereocenters. The van der Waals surface area contributed by atoms with Gasteiger partial charge in [0.1, 0.15) is 0 Å². The zero-order valence-corrected chi connectivity index (χ0v) is 14.8. The highest BCUT2D eigenvalue weighted by Crippen LogP contribution is 2.25. The number of nitrogens with two attached hydrogens (primary N) is 1. The van der Waals surface area contributed by atoms with E-state index in [9.17, 15) is 9.90 Å². The molecule has 0 heterocycles. The van der Waals surface area contributed by atoms with Gasteiger partial charge in [0, 0.05) is 0 Å². The molecule has 0 aliphatic rings. The van der Waals surface area contributed by atoms with Crippen molar-refractivity contribution in [3.05, 3.63) is 65.7 Å². The highest BCUT2D eigenvalue weighted by Gasteiger charge is 2.15. The summed E-state index contributed by atoms with van der Waals surface area (Å²) in [6.45, 7) is 1.92. The number of allylic oxidation sites excluding steroid dienone is 1. The monoisotopic (exact) mass is 353 g/mol. The third kappa shape index (κ3) is 5.19. The molecule has 0 spiro atoms. The van der Waals surface area contributed by atoms with E-state index in [0.717, 1.165) is 11.1 Å². The van der Waals surface area contributed by atoms with Crippen LogP contribution in [0.25, 0.3) is 5.57 Å². The third-order valence-electron chi connectivity index (χ3n) is 3.86. The number of hydrogen-bond acceptors (Lipinski definition) is 5. The van der Waals surface area contributed by atoms with E-state index < -0.39 is 6.04 Å². The van der Waals surface area contributed by atoms with Gasteiger partial charge in [-0.1, -0.05) is 36.4 Å². The average molecular weight is 353 g/mol. The van der Waals surface area contributed by atoms with Crippen molar-refractivity contribution >= 4 is 17.7 Å². The molecule has 1 amide bonds. The van der Waals surface area contributed by atoms with Gasteiger partial charge in [-0.3, -0.25) is 4.79 Å². The Morgan fingerprint density at radius 3 is 2.69 bits per heavy atom. The minimum atomic E-state index is -0.715. The molecule has 1 unspecified atom stereocenters. The van der Waals surface area contributed by atoms with E-state index in [-0.39, 0.29) is 11.7 Å².